The second kappa shape index (κ2) is 8.45. The summed E-state index contributed by atoms with van der Waals surface area (Å²) in [4.78, 5) is 23.2. The lowest BCUT2D eigenvalue weighted by Crippen LogP contribution is -2.24. The van der Waals surface area contributed by atoms with Crippen LogP contribution in [0.3, 0.4) is 0 Å². The molecule has 0 heterocycles. The molecule has 0 bridgehead atoms. The first-order chi connectivity index (χ1) is 8.74. The SMILES string of the molecule is CCCCNC(=O)CCCC(=O)c1ccccc1. The van der Waals surface area contributed by atoms with Crippen LogP contribution in [-0.4, -0.2) is 18.2 Å². The van der Waals surface area contributed by atoms with Crippen LogP contribution < -0.4 is 5.32 Å². The predicted molar refractivity (Wildman–Crippen MR) is 72.5 cm³/mol. The average molecular weight is 247 g/mol. The van der Waals surface area contributed by atoms with E-state index in [4.69, 9.17) is 0 Å². The Morgan fingerprint density at radius 2 is 1.78 bits per heavy atom. The van der Waals surface area contributed by atoms with E-state index in [0.717, 1.165) is 24.9 Å². The maximum atomic E-state index is 11.8. The molecule has 0 spiro atoms. The molecule has 0 aliphatic carbocycles. The highest BCUT2D eigenvalue weighted by molar-refractivity contribution is 5.96. The van der Waals surface area contributed by atoms with Gasteiger partial charge in [-0.3, -0.25) is 9.59 Å². The van der Waals surface area contributed by atoms with Crippen LogP contribution in [0.5, 0.6) is 0 Å². The van der Waals surface area contributed by atoms with Crippen LogP contribution >= 0.6 is 0 Å². The van der Waals surface area contributed by atoms with Gasteiger partial charge >= 0.3 is 0 Å². The van der Waals surface area contributed by atoms with E-state index in [1.54, 1.807) is 0 Å². The van der Waals surface area contributed by atoms with Gasteiger partial charge in [-0.05, 0) is 12.8 Å². The van der Waals surface area contributed by atoms with E-state index in [0.29, 0.717) is 19.3 Å². The summed E-state index contributed by atoms with van der Waals surface area (Å²) >= 11 is 0. The number of rotatable bonds is 8. The molecule has 3 heteroatoms. The zero-order valence-electron chi connectivity index (χ0n) is 10.9. The summed E-state index contributed by atoms with van der Waals surface area (Å²) in [6.07, 6.45) is 3.57. The van der Waals surface area contributed by atoms with Crippen molar-refractivity contribution in [1.82, 2.24) is 5.32 Å². The second-order valence-corrected chi connectivity index (χ2v) is 4.35. The summed E-state index contributed by atoms with van der Waals surface area (Å²) in [5.41, 5.74) is 0.726. The molecule has 98 valence electrons. The highest BCUT2D eigenvalue weighted by Gasteiger charge is 2.06. The van der Waals surface area contributed by atoms with Crippen LogP contribution in [0.4, 0.5) is 0 Å². The van der Waals surface area contributed by atoms with Crippen molar-refractivity contribution in [3.05, 3.63) is 35.9 Å². The second-order valence-electron chi connectivity index (χ2n) is 4.35. The topological polar surface area (TPSA) is 46.2 Å². The molecule has 0 aromatic heterocycles. The Morgan fingerprint density at radius 3 is 2.44 bits per heavy atom. The summed E-state index contributed by atoms with van der Waals surface area (Å²) in [6.45, 7) is 2.83. The third-order valence-electron chi connectivity index (χ3n) is 2.76. The molecule has 0 saturated carbocycles. The summed E-state index contributed by atoms with van der Waals surface area (Å²) in [6, 6.07) is 9.21. The summed E-state index contributed by atoms with van der Waals surface area (Å²) in [5, 5.41) is 2.85. The number of carbonyl (C=O) groups is 2. The molecule has 0 aliphatic rings. The molecule has 0 saturated heterocycles. The molecule has 0 unspecified atom stereocenters. The van der Waals surface area contributed by atoms with Crippen LogP contribution in [-0.2, 0) is 4.79 Å². The number of nitrogens with one attached hydrogen (secondary N) is 1. The Bertz CT molecular complexity index is 373. The Morgan fingerprint density at radius 1 is 1.06 bits per heavy atom. The fraction of sp³-hybridized carbons (Fsp3) is 0.467. The van der Waals surface area contributed by atoms with Crippen molar-refractivity contribution in [3.8, 4) is 0 Å². The first-order valence-corrected chi connectivity index (χ1v) is 6.59. The lowest BCUT2D eigenvalue weighted by molar-refractivity contribution is -0.121. The maximum Gasteiger partial charge on any atom is 0.220 e. The molecular weight excluding hydrogens is 226 g/mol. The van der Waals surface area contributed by atoms with Gasteiger partial charge in [-0.1, -0.05) is 43.7 Å². The minimum absolute atomic E-state index is 0.0457. The monoisotopic (exact) mass is 247 g/mol. The zero-order valence-corrected chi connectivity index (χ0v) is 10.9. The number of hydrogen-bond acceptors (Lipinski definition) is 2. The number of ketones is 1. The fourth-order valence-corrected chi connectivity index (χ4v) is 1.67. The molecule has 3 nitrogen and oxygen atoms in total. The van der Waals surface area contributed by atoms with Crippen LogP contribution in [0.2, 0.25) is 0 Å². The third-order valence-corrected chi connectivity index (χ3v) is 2.76. The molecule has 1 N–H and O–H groups in total. The number of Topliss-reactive ketones (excluding diaryl/α,β-unsaturated/α-hetero) is 1. The van der Waals surface area contributed by atoms with Gasteiger partial charge in [0, 0.05) is 24.9 Å². The van der Waals surface area contributed by atoms with Gasteiger partial charge < -0.3 is 5.32 Å². The number of benzene rings is 1. The van der Waals surface area contributed by atoms with E-state index in [2.05, 4.69) is 12.2 Å². The van der Waals surface area contributed by atoms with Crippen molar-refractivity contribution in [3.63, 3.8) is 0 Å². The van der Waals surface area contributed by atoms with E-state index < -0.39 is 0 Å². The van der Waals surface area contributed by atoms with Crippen molar-refractivity contribution < 1.29 is 9.59 Å². The van der Waals surface area contributed by atoms with Gasteiger partial charge in [-0.15, -0.1) is 0 Å². The minimum atomic E-state index is 0.0457. The quantitative estimate of drug-likeness (QED) is 0.567. The van der Waals surface area contributed by atoms with Crippen LogP contribution in [0, 0.1) is 0 Å². The number of unbranched alkanes of at least 4 members (excludes halogenated alkanes) is 1. The van der Waals surface area contributed by atoms with Crippen molar-refractivity contribution >= 4 is 11.7 Å². The summed E-state index contributed by atoms with van der Waals surface area (Å²) in [7, 11) is 0. The van der Waals surface area contributed by atoms with Gasteiger partial charge in [0.15, 0.2) is 5.78 Å². The average Bonchev–Trinajstić information content (AvgIpc) is 2.40. The van der Waals surface area contributed by atoms with Crippen LogP contribution in [0.1, 0.15) is 49.4 Å². The smallest absolute Gasteiger partial charge is 0.220 e. The highest BCUT2D eigenvalue weighted by atomic mass is 16.1. The first-order valence-electron chi connectivity index (χ1n) is 6.59. The number of hydrogen-bond donors (Lipinski definition) is 1. The van der Waals surface area contributed by atoms with E-state index in [1.165, 1.54) is 0 Å². The van der Waals surface area contributed by atoms with Crippen LogP contribution in [0.15, 0.2) is 30.3 Å². The van der Waals surface area contributed by atoms with Gasteiger partial charge in [0.25, 0.3) is 0 Å². The highest BCUT2D eigenvalue weighted by Crippen LogP contribution is 2.06. The molecule has 1 amide bonds. The minimum Gasteiger partial charge on any atom is -0.356 e. The lowest BCUT2D eigenvalue weighted by Gasteiger charge is -2.04. The van der Waals surface area contributed by atoms with Gasteiger partial charge in [0.1, 0.15) is 0 Å². The Labute approximate surface area is 109 Å². The summed E-state index contributed by atoms with van der Waals surface area (Å²) in [5.74, 6) is 0.154. The Kier molecular flexibility index (Phi) is 6.77. The van der Waals surface area contributed by atoms with Crippen LogP contribution in [0.25, 0.3) is 0 Å². The molecule has 1 rings (SSSR count). The van der Waals surface area contributed by atoms with E-state index in [9.17, 15) is 9.59 Å². The molecule has 0 fully saturated rings. The fourth-order valence-electron chi connectivity index (χ4n) is 1.67. The molecular formula is C15H21NO2. The van der Waals surface area contributed by atoms with Crippen molar-refractivity contribution in [2.24, 2.45) is 0 Å². The van der Waals surface area contributed by atoms with Crippen molar-refractivity contribution in [2.45, 2.75) is 39.0 Å². The van der Waals surface area contributed by atoms with E-state index in [1.807, 2.05) is 30.3 Å². The Balaban J connectivity index is 2.18. The third kappa shape index (κ3) is 5.62. The van der Waals surface area contributed by atoms with Gasteiger partial charge in [0.05, 0.1) is 0 Å². The molecule has 0 atom stereocenters. The largest absolute Gasteiger partial charge is 0.356 e. The van der Waals surface area contributed by atoms with Crippen molar-refractivity contribution in [2.75, 3.05) is 6.54 Å². The molecule has 0 radical (unpaired) electrons. The maximum absolute atomic E-state index is 11.8. The first kappa shape index (κ1) is 14.4. The van der Waals surface area contributed by atoms with E-state index >= 15 is 0 Å². The standard InChI is InChI=1S/C15H21NO2/c1-2-3-12-16-15(18)11-7-10-14(17)13-8-5-4-6-9-13/h4-6,8-9H,2-3,7,10-12H2,1H3,(H,16,18). The number of carbonyl (C=O) groups excluding carboxylic acids is 2. The van der Waals surface area contributed by atoms with Gasteiger partial charge in [-0.2, -0.15) is 0 Å². The molecule has 0 aliphatic heterocycles. The molecule has 18 heavy (non-hydrogen) atoms. The predicted octanol–water partition coefficient (Wildman–Crippen LogP) is 2.96. The Hall–Kier alpha value is -1.64. The molecule has 1 aromatic carbocycles. The lowest BCUT2D eigenvalue weighted by atomic mass is 10.1. The molecule has 1 aromatic rings. The summed E-state index contributed by atoms with van der Waals surface area (Å²) < 4.78 is 0. The normalized spacial score (nSPS) is 10.1. The van der Waals surface area contributed by atoms with Gasteiger partial charge in [0.2, 0.25) is 5.91 Å². The van der Waals surface area contributed by atoms with Crippen molar-refractivity contribution in [1.29, 1.82) is 0 Å². The zero-order chi connectivity index (χ0) is 13.2. The van der Waals surface area contributed by atoms with Gasteiger partial charge in [-0.25, -0.2) is 0 Å². The number of amides is 1. The van der Waals surface area contributed by atoms with E-state index in [-0.39, 0.29) is 11.7 Å².